The smallest absolute Gasteiger partial charge is 0.128 e. The Morgan fingerprint density at radius 3 is 2.60 bits per heavy atom. The lowest BCUT2D eigenvalue weighted by Gasteiger charge is -2.16. The van der Waals surface area contributed by atoms with E-state index in [-0.39, 0.29) is 17.3 Å². The summed E-state index contributed by atoms with van der Waals surface area (Å²) in [6.45, 7) is 6.38. The lowest BCUT2D eigenvalue weighted by atomic mass is 9.93. The average molecular weight is 293 g/mol. The van der Waals surface area contributed by atoms with E-state index in [1.54, 1.807) is 23.5 Å². The summed E-state index contributed by atoms with van der Waals surface area (Å²) >= 11 is 1.59. The van der Waals surface area contributed by atoms with Crippen LogP contribution in [0.15, 0.2) is 29.6 Å². The number of halogens is 1. The highest BCUT2D eigenvalue weighted by Gasteiger charge is 2.20. The van der Waals surface area contributed by atoms with Crippen LogP contribution < -0.4 is 11.3 Å². The van der Waals surface area contributed by atoms with E-state index in [0.29, 0.717) is 12.0 Å². The number of thiazole rings is 1. The van der Waals surface area contributed by atoms with Gasteiger partial charge in [0.25, 0.3) is 0 Å². The third-order valence-electron chi connectivity index (χ3n) is 3.18. The molecular weight excluding hydrogens is 273 g/mol. The molecule has 0 saturated heterocycles. The first-order valence-electron chi connectivity index (χ1n) is 6.57. The van der Waals surface area contributed by atoms with Crippen LogP contribution in [0.1, 0.15) is 43.1 Å². The molecule has 1 heterocycles. The predicted octanol–water partition coefficient (Wildman–Crippen LogP) is 3.33. The topological polar surface area (TPSA) is 50.9 Å². The van der Waals surface area contributed by atoms with Gasteiger partial charge in [0.05, 0.1) is 16.7 Å². The van der Waals surface area contributed by atoms with E-state index < -0.39 is 0 Å². The van der Waals surface area contributed by atoms with Crippen molar-refractivity contribution in [2.24, 2.45) is 5.84 Å². The average Bonchev–Trinajstić information content (AvgIpc) is 2.85. The number of hydrogen-bond acceptors (Lipinski definition) is 4. The maximum Gasteiger partial charge on any atom is 0.128 e. The molecule has 0 aliphatic heterocycles. The molecular formula is C15H20FN3S. The minimum absolute atomic E-state index is 0.0262. The summed E-state index contributed by atoms with van der Waals surface area (Å²) in [7, 11) is 0. The molecule has 0 aliphatic carbocycles. The first-order chi connectivity index (χ1) is 9.41. The number of aromatic nitrogens is 1. The van der Waals surface area contributed by atoms with Crippen molar-refractivity contribution in [1.29, 1.82) is 0 Å². The molecule has 5 heteroatoms. The second kappa shape index (κ2) is 5.99. The molecule has 2 rings (SSSR count). The molecule has 1 aromatic heterocycles. The molecule has 0 fully saturated rings. The van der Waals surface area contributed by atoms with Gasteiger partial charge in [0.1, 0.15) is 5.82 Å². The Balaban J connectivity index is 2.19. The number of nitrogens with two attached hydrogens (primary N) is 1. The van der Waals surface area contributed by atoms with Crippen molar-refractivity contribution < 1.29 is 4.39 Å². The quantitative estimate of drug-likeness (QED) is 0.671. The van der Waals surface area contributed by atoms with Crippen molar-refractivity contribution in [3.05, 3.63) is 51.7 Å². The molecule has 1 aromatic carbocycles. The van der Waals surface area contributed by atoms with E-state index in [4.69, 9.17) is 5.84 Å². The zero-order chi connectivity index (χ0) is 14.8. The Kier molecular flexibility index (Phi) is 4.52. The third-order valence-corrected chi connectivity index (χ3v) is 4.05. The van der Waals surface area contributed by atoms with Crippen LogP contribution in [-0.4, -0.2) is 4.98 Å². The second-order valence-corrected chi connectivity index (χ2v) is 6.76. The van der Waals surface area contributed by atoms with Gasteiger partial charge < -0.3 is 0 Å². The number of rotatable bonds is 4. The lowest BCUT2D eigenvalue weighted by molar-refractivity contribution is 0.507. The summed E-state index contributed by atoms with van der Waals surface area (Å²) in [5.74, 6) is 5.33. The fourth-order valence-corrected chi connectivity index (χ4v) is 3.01. The summed E-state index contributed by atoms with van der Waals surface area (Å²) in [6.07, 6.45) is 0.582. The fraction of sp³-hybridized carbons (Fsp3) is 0.400. The normalized spacial score (nSPS) is 13.4. The fourth-order valence-electron chi connectivity index (χ4n) is 1.94. The number of benzene rings is 1. The van der Waals surface area contributed by atoms with Crippen molar-refractivity contribution >= 4 is 11.3 Å². The van der Waals surface area contributed by atoms with Gasteiger partial charge in [-0.05, 0) is 6.07 Å². The van der Waals surface area contributed by atoms with Gasteiger partial charge in [0.15, 0.2) is 0 Å². The largest absolute Gasteiger partial charge is 0.271 e. The van der Waals surface area contributed by atoms with Crippen molar-refractivity contribution in [3.8, 4) is 0 Å². The van der Waals surface area contributed by atoms with Gasteiger partial charge in [-0.25, -0.2) is 9.37 Å². The van der Waals surface area contributed by atoms with Crippen LogP contribution in [0.2, 0.25) is 0 Å². The van der Waals surface area contributed by atoms with Gasteiger partial charge >= 0.3 is 0 Å². The molecule has 2 aromatic rings. The summed E-state index contributed by atoms with van der Waals surface area (Å²) in [6, 6.07) is 6.41. The lowest BCUT2D eigenvalue weighted by Crippen LogP contribution is -2.30. The molecule has 0 amide bonds. The number of nitrogens with zero attached hydrogens (tertiary/aromatic N) is 1. The highest BCUT2D eigenvalue weighted by atomic mass is 32.1. The maximum atomic E-state index is 13.8. The summed E-state index contributed by atoms with van der Waals surface area (Å²) in [5.41, 5.74) is 4.34. The Bertz CT molecular complexity index is 574. The van der Waals surface area contributed by atoms with Gasteiger partial charge in [-0.3, -0.25) is 11.3 Å². The Hall–Kier alpha value is -1.30. The minimum atomic E-state index is -0.268. The molecule has 0 radical (unpaired) electrons. The van der Waals surface area contributed by atoms with E-state index in [1.165, 1.54) is 6.07 Å². The van der Waals surface area contributed by atoms with E-state index in [2.05, 4.69) is 36.6 Å². The molecule has 0 spiro atoms. The molecule has 20 heavy (non-hydrogen) atoms. The molecule has 3 N–H and O–H groups in total. The van der Waals surface area contributed by atoms with Crippen molar-refractivity contribution in [2.45, 2.75) is 38.6 Å². The molecule has 0 aliphatic rings. The van der Waals surface area contributed by atoms with Crippen LogP contribution in [0.4, 0.5) is 4.39 Å². The molecule has 1 unspecified atom stereocenters. The van der Waals surface area contributed by atoms with E-state index in [1.807, 2.05) is 6.07 Å². The summed E-state index contributed by atoms with van der Waals surface area (Å²) in [5, 5.41) is 3.02. The van der Waals surface area contributed by atoms with Gasteiger partial charge in [-0.2, -0.15) is 0 Å². The first kappa shape index (κ1) is 15.1. The number of nitrogens with one attached hydrogen (secondary N) is 1. The Labute approximate surface area is 123 Å². The Morgan fingerprint density at radius 2 is 2.05 bits per heavy atom. The van der Waals surface area contributed by atoms with Gasteiger partial charge in [-0.1, -0.05) is 39.0 Å². The van der Waals surface area contributed by atoms with Crippen LogP contribution in [0.5, 0.6) is 0 Å². The second-order valence-electron chi connectivity index (χ2n) is 5.82. The summed E-state index contributed by atoms with van der Waals surface area (Å²) in [4.78, 5) is 4.62. The molecule has 108 valence electrons. The molecule has 3 nitrogen and oxygen atoms in total. The number of hydrazine groups is 1. The maximum absolute atomic E-state index is 13.8. The standard InChI is InChI=1S/C15H20FN3S/c1-15(2,3)13-9-20-14(18-13)8-12(19-17)10-6-4-5-7-11(10)16/h4-7,9,12,19H,8,17H2,1-3H3. The van der Waals surface area contributed by atoms with Crippen molar-refractivity contribution in [2.75, 3.05) is 0 Å². The van der Waals surface area contributed by atoms with E-state index in [0.717, 1.165) is 10.7 Å². The van der Waals surface area contributed by atoms with E-state index in [9.17, 15) is 4.39 Å². The van der Waals surface area contributed by atoms with Crippen LogP contribution >= 0.6 is 11.3 Å². The monoisotopic (exact) mass is 293 g/mol. The zero-order valence-electron chi connectivity index (χ0n) is 12.0. The summed E-state index contributed by atoms with van der Waals surface area (Å²) < 4.78 is 13.8. The SMILES string of the molecule is CC(C)(C)c1csc(CC(NN)c2ccccc2F)n1. The highest BCUT2D eigenvalue weighted by Crippen LogP contribution is 2.27. The van der Waals surface area contributed by atoms with Crippen molar-refractivity contribution in [1.82, 2.24) is 10.4 Å². The Morgan fingerprint density at radius 1 is 1.35 bits per heavy atom. The highest BCUT2D eigenvalue weighted by molar-refractivity contribution is 7.09. The zero-order valence-corrected chi connectivity index (χ0v) is 12.8. The van der Waals surface area contributed by atoms with Crippen LogP contribution in [-0.2, 0) is 11.8 Å². The third kappa shape index (κ3) is 3.42. The molecule has 1 atom stereocenters. The van der Waals surface area contributed by atoms with Gasteiger partial charge in [0, 0.05) is 22.8 Å². The van der Waals surface area contributed by atoms with Crippen LogP contribution in [0, 0.1) is 5.82 Å². The number of hydrogen-bond donors (Lipinski definition) is 2. The molecule has 0 saturated carbocycles. The van der Waals surface area contributed by atoms with Crippen LogP contribution in [0.25, 0.3) is 0 Å². The minimum Gasteiger partial charge on any atom is -0.271 e. The van der Waals surface area contributed by atoms with Gasteiger partial charge in [0.2, 0.25) is 0 Å². The van der Waals surface area contributed by atoms with Crippen molar-refractivity contribution in [3.63, 3.8) is 0 Å². The molecule has 0 bridgehead atoms. The predicted molar refractivity (Wildman–Crippen MR) is 81.0 cm³/mol. The van der Waals surface area contributed by atoms with Gasteiger partial charge in [-0.15, -0.1) is 11.3 Å². The van der Waals surface area contributed by atoms with E-state index >= 15 is 0 Å². The first-order valence-corrected chi connectivity index (χ1v) is 7.45. The van der Waals surface area contributed by atoms with Crippen LogP contribution in [0.3, 0.4) is 0 Å².